The predicted octanol–water partition coefficient (Wildman–Crippen LogP) is 2.30. The third-order valence-electron chi connectivity index (χ3n) is 2.88. The van der Waals surface area contributed by atoms with E-state index in [1.54, 1.807) is 26.0 Å². The molecule has 0 bridgehead atoms. The van der Waals surface area contributed by atoms with Gasteiger partial charge in [0.05, 0.1) is 10.4 Å². The number of halogens is 1. The van der Waals surface area contributed by atoms with E-state index in [9.17, 15) is 9.18 Å². The Morgan fingerprint density at radius 3 is 2.80 bits per heavy atom. The molecule has 1 aromatic heterocycles. The third-order valence-corrected chi connectivity index (χ3v) is 3.98. The zero-order valence-corrected chi connectivity index (χ0v) is 11.8. The summed E-state index contributed by atoms with van der Waals surface area (Å²) in [5.74, 6) is -0.801. The Kier molecular flexibility index (Phi) is 3.63. The number of benzene rings is 1. The van der Waals surface area contributed by atoms with E-state index >= 15 is 0 Å². The molecule has 0 radical (unpaired) electrons. The summed E-state index contributed by atoms with van der Waals surface area (Å²) in [6, 6.07) is 6.02. The molecule has 2 aromatic rings. The summed E-state index contributed by atoms with van der Waals surface area (Å²) in [7, 11) is 0. The van der Waals surface area contributed by atoms with Gasteiger partial charge in [-0.15, -0.1) is 11.3 Å². The van der Waals surface area contributed by atoms with Gasteiger partial charge in [0, 0.05) is 4.70 Å². The standard InChI is InChI=1S/C13H14FN3O2S/c1-13(2,12(15)17-19)16-11(18)10-5-7-3-4-8(14)6-9(7)20-10/h3-6,19H,1-2H3,(H2,15,17)(H,16,18). The van der Waals surface area contributed by atoms with Gasteiger partial charge in [-0.3, -0.25) is 4.79 Å². The van der Waals surface area contributed by atoms with Crippen LogP contribution in [0.25, 0.3) is 10.1 Å². The first-order valence-corrected chi connectivity index (χ1v) is 6.65. The number of carbonyl (C=O) groups excluding carboxylic acids is 1. The molecule has 0 aliphatic rings. The molecule has 1 aromatic carbocycles. The van der Waals surface area contributed by atoms with Gasteiger partial charge in [0.1, 0.15) is 5.82 Å². The zero-order chi connectivity index (χ0) is 14.9. The summed E-state index contributed by atoms with van der Waals surface area (Å²) in [6.45, 7) is 3.24. The van der Waals surface area contributed by atoms with Gasteiger partial charge in [-0.25, -0.2) is 4.39 Å². The Morgan fingerprint density at radius 1 is 1.45 bits per heavy atom. The lowest BCUT2D eigenvalue weighted by Gasteiger charge is -2.23. The summed E-state index contributed by atoms with van der Waals surface area (Å²) in [5, 5.41) is 15.0. The van der Waals surface area contributed by atoms with Crippen LogP contribution in [0.3, 0.4) is 0 Å². The molecule has 20 heavy (non-hydrogen) atoms. The Balaban J connectivity index is 2.28. The van der Waals surface area contributed by atoms with Gasteiger partial charge in [0.2, 0.25) is 0 Å². The van der Waals surface area contributed by atoms with Gasteiger partial charge >= 0.3 is 0 Å². The van der Waals surface area contributed by atoms with E-state index in [0.717, 1.165) is 5.39 Å². The molecule has 1 heterocycles. The van der Waals surface area contributed by atoms with Crippen molar-refractivity contribution in [2.45, 2.75) is 19.4 Å². The molecule has 106 valence electrons. The first kappa shape index (κ1) is 14.3. The minimum Gasteiger partial charge on any atom is -0.409 e. The fraction of sp³-hybridized carbons (Fsp3) is 0.231. The molecule has 2 rings (SSSR count). The minimum atomic E-state index is -0.979. The predicted molar refractivity (Wildman–Crippen MR) is 76.7 cm³/mol. The van der Waals surface area contributed by atoms with Crippen molar-refractivity contribution in [1.82, 2.24) is 5.32 Å². The number of hydrogen-bond acceptors (Lipinski definition) is 4. The molecular formula is C13H14FN3O2S. The van der Waals surface area contributed by atoms with Crippen LogP contribution in [0.2, 0.25) is 0 Å². The molecule has 5 nitrogen and oxygen atoms in total. The van der Waals surface area contributed by atoms with Crippen LogP contribution in [0.4, 0.5) is 4.39 Å². The molecule has 0 atom stereocenters. The summed E-state index contributed by atoms with van der Waals surface area (Å²) < 4.78 is 13.8. The fourth-order valence-electron chi connectivity index (χ4n) is 1.65. The molecule has 0 spiro atoms. The van der Waals surface area contributed by atoms with Crippen LogP contribution < -0.4 is 11.1 Å². The van der Waals surface area contributed by atoms with E-state index in [1.165, 1.54) is 23.5 Å². The molecule has 0 fully saturated rings. The SMILES string of the molecule is CC(C)(NC(=O)c1cc2ccc(F)cc2s1)/C(N)=N/O. The Labute approximate surface area is 118 Å². The van der Waals surface area contributed by atoms with Crippen molar-refractivity contribution < 1.29 is 14.4 Å². The monoisotopic (exact) mass is 295 g/mol. The quantitative estimate of drug-likeness (QED) is 0.351. The topological polar surface area (TPSA) is 87.7 Å². The largest absolute Gasteiger partial charge is 0.409 e. The van der Waals surface area contributed by atoms with Crippen molar-refractivity contribution in [3.05, 3.63) is 35.0 Å². The van der Waals surface area contributed by atoms with Crippen LogP contribution in [0.1, 0.15) is 23.5 Å². The van der Waals surface area contributed by atoms with Gasteiger partial charge in [-0.05, 0) is 37.4 Å². The maximum Gasteiger partial charge on any atom is 0.262 e. The van der Waals surface area contributed by atoms with Gasteiger partial charge in [0.25, 0.3) is 5.91 Å². The van der Waals surface area contributed by atoms with E-state index in [4.69, 9.17) is 10.9 Å². The van der Waals surface area contributed by atoms with Gasteiger partial charge < -0.3 is 16.3 Å². The van der Waals surface area contributed by atoms with Crippen LogP contribution in [-0.4, -0.2) is 22.5 Å². The van der Waals surface area contributed by atoms with E-state index in [1.807, 2.05) is 0 Å². The van der Waals surface area contributed by atoms with Crippen molar-refractivity contribution in [2.75, 3.05) is 0 Å². The number of thiophene rings is 1. The van der Waals surface area contributed by atoms with E-state index in [0.29, 0.717) is 9.58 Å². The third kappa shape index (κ3) is 2.72. The molecule has 7 heteroatoms. The van der Waals surface area contributed by atoms with Crippen LogP contribution >= 0.6 is 11.3 Å². The summed E-state index contributed by atoms with van der Waals surface area (Å²) >= 11 is 1.18. The highest BCUT2D eigenvalue weighted by atomic mass is 32.1. The molecule has 4 N–H and O–H groups in total. The Morgan fingerprint density at radius 2 is 2.15 bits per heavy atom. The maximum absolute atomic E-state index is 13.1. The smallest absolute Gasteiger partial charge is 0.262 e. The second-order valence-corrected chi connectivity index (χ2v) is 5.94. The normalized spacial score (nSPS) is 12.7. The highest BCUT2D eigenvalue weighted by Gasteiger charge is 2.26. The van der Waals surface area contributed by atoms with Crippen molar-refractivity contribution in [3.63, 3.8) is 0 Å². The van der Waals surface area contributed by atoms with E-state index in [2.05, 4.69) is 10.5 Å². The molecule has 0 aliphatic carbocycles. The number of nitrogens with two attached hydrogens (primary N) is 1. The number of carbonyl (C=O) groups is 1. The number of oxime groups is 1. The summed E-state index contributed by atoms with van der Waals surface area (Å²) in [6.07, 6.45) is 0. The van der Waals surface area contributed by atoms with Gasteiger partial charge in [-0.2, -0.15) is 0 Å². The molecule has 0 saturated carbocycles. The number of amides is 1. The second kappa shape index (κ2) is 5.09. The number of fused-ring (bicyclic) bond motifs is 1. The lowest BCUT2D eigenvalue weighted by molar-refractivity contribution is 0.0935. The number of rotatable bonds is 3. The van der Waals surface area contributed by atoms with Gasteiger partial charge in [0.15, 0.2) is 5.84 Å². The average molecular weight is 295 g/mol. The maximum atomic E-state index is 13.1. The Bertz CT molecular complexity index is 694. The number of amidine groups is 1. The van der Waals surface area contributed by atoms with Gasteiger partial charge in [-0.1, -0.05) is 11.2 Å². The number of nitrogens with one attached hydrogen (secondary N) is 1. The van der Waals surface area contributed by atoms with Crippen LogP contribution in [0.15, 0.2) is 29.4 Å². The highest BCUT2D eigenvalue weighted by molar-refractivity contribution is 7.20. The zero-order valence-electron chi connectivity index (χ0n) is 11.0. The van der Waals surface area contributed by atoms with E-state index < -0.39 is 5.54 Å². The van der Waals surface area contributed by atoms with E-state index in [-0.39, 0.29) is 17.6 Å². The molecular weight excluding hydrogens is 281 g/mol. The van der Waals surface area contributed by atoms with Crippen molar-refractivity contribution in [3.8, 4) is 0 Å². The first-order valence-electron chi connectivity index (χ1n) is 5.83. The van der Waals surface area contributed by atoms with Crippen LogP contribution in [0, 0.1) is 5.82 Å². The minimum absolute atomic E-state index is 0.0991. The summed E-state index contributed by atoms with van der Waals surface area (Å²) in [5.41, 5.74) is 4.53. The molecule has 0 aliphatic heterocycles. The second-order valence-electron chi connectivity index (χ2n) is 4.86. The van der Waals surface area contributed by atoms with Crippen molar-refractivity contribution in [2.24, 2.45) is 10.9 Å². The van der Waals surface area contributed by atoms with Crippen LogP contribution in [-0.2, 0) is 0 Å². The highest BCUT2D eigenvalue weighted by Crippen LogP contribution is 2.26. The number of hydrogen-bond donors (Lipinski definition) is 3. The fourth-order valence-corrected chi connectivity index (χ4v) is 2.63. The lowest BCUT2D eigenvalue weighted by Crippen LogP contribution is -2.53. The molecule has 0 unspecified atom stereocenters. The Hall–Kier alpha value is -2.15. The van der Waals surface area contributed by atoms with Crippen molar-refractivity contribution in [1.29, 1.82) is 0 Å². The molecule has 0 saturated heterocycles. The number of nitrogens with zero attached hydrogens (tertiary/aromatic N) is 1. The summed E-state index contributed by atoms with van der Waals surface area (Å²) in [4.78, 5) is 12.6. The van der Waals surface area contributed by atoms with Crippen LogP contribution in [0.5, 0.6) is 0 Å². The van der Waals surface area contributed by atoms with Crippen molar-refractivity contribution >= 4 is 33.2 Å². The molecule has 1 amide bonds. The average Bonchev–Trinajstić information content (AvgIpc) is 2.80. The lowest BCUT2D eigenvalue weighted by atomic mass is 10.0. The first-order chi connectivity index (χ1) is 9.33.